The maximum absolute atomic E-state index is 11.8. The van der Waals surface area contributed by atoms with Crippen LogP contribution in [-0.2, 0) is 0 Å². The highest BCUT2D eigenvalue weighted by Crippen LogP contribution is 2.31. The van der Waals surface area contributed by atoms with Crippen LogP contribution in [0.2, 0.25) is 0 Å². The van der Waals surface area contributed by atoms with E-state index in [0.717, 1.165) is 36.3 Å². The summed E-state index contributed by atoms with van der Waals surface area (Å²) in [5.74, 6) is -0.232. The lowest BCUT2D eigenvalue weighted by Crippen LogP contribution is -2.22. The van der Waals surface area contributed by atoms with E-state index in [0.29, 0.717) is 11.7 Å². The lowest BCUT2D eigenvalue weighted by atomic mass is 9.99. The van der Waals surface area contributed by atoms with Gasteiger partial charge in [0.2, 0.25) is 5.69 Å². The predicted molar refractivity (Wildman–Crippen MR) is 104 cm³/mol. The molecule has 27 heavy (non-hydrogen) atoms. The zero-order valence-electron chi connectivity index (χ0n) is 15.5. The minimum absolute atomic E-state index is 0.00341. The van der Waals surface area contributed by atoms with Crippen molar-refractivity contribution in [3.05, 3.63) is 70.9 Å². The Bertz CT molecular complexity index is 981. The van der Waals surface area contributed by atoms with Crippen molar-refractivity contribution in [2.45, 2.75) is 26.2 Å². The van der Waals surface area contributed by atoms with Crippen LogP contribution in [0.4, 0.5) is 5.82 Å². The molecular weight excluding hydrogens is 340 g/mol. The van der Waals surface area contributed by atoms with Crippen molar-refractivity contribution >= 4 is 11.8 Å². The number of carboxylic acid groups (broad SMARTS) is 1. The molecule has 3 aromatic rings. The van der Waals surface area contributed by atoms with Crippen LogP contribution in [-0.4, -0.2) is 39.2 Å². The fourth-order valence-electron chi connectivity index (χ4n) is 3.74. The Labute approximate surface area is 158 Å². The van der Waals surface area contributed by atoms with Gasteiger partial charge in [-0.1, -0.05) is 48.0 Å². The van der Waals surface area contributed by atoms with Crippen LogP contribution in [0.25, 0.3) is 5.69 Å². The first-order valence-electron chi connectivity index (χ1n) is 9.11. The maximum Gasteiger partial charge on any atom is 0.360 e. The molecule has 2 aromatic carbocycles. The number of aryl methyl sites for hydroxylation is 2. The van der Waals surface area contributed by atoms with Crippen molar-refractivity contribution in [3.63, 3.8) is 0 Å². The Morgan fingerprint density at radius 3 is 2.59 bits per heavy atom. The lowest BCUT2D eigenvalue weighted by Gasteiger charge is -2.16. The standard InChI is InChI=1S/C21H22N4O2/c1-14-8-9-18(15(2)12-14)25-22-19(21(26)27)20(23-25)24-11-10-17(13-24)16-6-4-3-5-7-16/h3-9,12,17H,10-11,13H2,1-2H3,(H,26,27)/t17-/m1/s1. The van der Waals surface area contributed by atoms with E-state index in [-0.39, 0.29) is 5.69 Å². The first kappa shape index (κ1) is 17.3. The van der Waals surface area contributed by atoms with Gasteiger partial charge in [-0.25, -0.2) is 4.79 Å². The molecule has 1 aliphatic rings. The largest absolute Gasteiger partial charge is 0.476 e. The van der Waals surface area contributed by atoms with Gasteiger partial charge in [0.25, 0.3) is 0 Å². The number of hydrogen-bond donors (Lipinski definition) is 1. The van der Waals surface area contributed by atoms with Gasteiger partial charge in [-0.3, -0.25) is 0 Å². The Morgan fingerprint density at radius 1 is 1.11 bits per heavy atom. The molecule has 1 fully saturated rings. The van der Waals surface area contributed by atoms with Crippen LogP contribution in [0.1, 0.15) is 39.5 Å². The van der Waals surface area contributed by atoms with Crippen molar-refractivity contribution in [2.75, 3.05) is 18.0 Å². The molecule has 4 rings (SSSR count). The average Bonchev–Trinajstić information content (AvgIpc) is 3.29. The van der Waals surface area contributed by atoms with Gasteiger partial charge in [-0.2, -0.15) is 0 Å². The molecule has 0 bridgehead atoms. The molecule has 1 aliphatic heterocycles. The molecule has 1 aromatic heterocycles. The molecule has 1 atom stereocenters. The zero-order valence-corrected chi connectivity index (χ0v) is 15.5. The Hall–Kier alpha value is -3.15. The number of carbonyl (C=O) groups is 1. The van der Waals surface area contributed by atoms with E-state index in [1.807, 2.05) is 55.1 Å². The van der Waals surface area contributed by atoms with E-state index in [9.17, 15) is 9.90 Å². The minimum Gasteiger partial charge on any atom is -0.476 e. The Morgan fingerprint density at radius 2 is 1.89 bits per heavy atom. The van der Waals surface area contributed by atoms with Crippen molar-refractivity contribution in [1.82, 2.24) is 15.0 Å². The molecule has 1 saturated heterocycles. The number of benzene rings is 2. The molecule has 0 unspecified atom stereocenters. The van der Waals surface area contributed by atoms with Crippen molar-refractivity contribution in [1.29, 1.82) is 0 Å². The van der Waals surface area contributed by atoms with Crippen LogP contribution in [0.15, 0.2) is 48.5 Å². The van der Waals surface area contributed by atoms with Crippen LogP contribution in [0.5, 0.6) is 0 Å². The summed E-state index contributed by atoms with van der Waals surface area (Å²) in [4.78, 5) is 15.3. The summed E-state index contributed by atoms with van der Waals surface area (Å²) in [6.07, 6.45) is 0.972. The normalized spacial score (nSPS) is 16.7. The quantitative estimate of drug-likeness (QED) is 0.768. The van der Waals surface area contributed by atoms with E-state index in [2.05, 4.69) is 22.3 Å². The van der Waals surface area contributed by atoms with Crippen LogP contribution in [0, 0.1) is 13.8 Å². The fourth-order valence-corrected chi connectivity index (χ4v) is 3.74. The number of rotatable bonds is 4. The molecule has 0 radical (unpaired) electrons. The molecule has 2 heterocycles. The van der Waals surface area contributed by atoms with Crippen LogP contribution in [0.3, 0.4) is 0 Å². The molecular formula is C21H22N4O2. The molecule has 1 N–H and O–H groups in total. The van der Waals surface area contributed by atoms with Crippen LogP contribution < -0.4 is 4.90 Å². The van der Waals surface area contributed by atoms with Crippen LogP contribution >= 0.6 is 0 Å². The fraction of sp³-hybridized carbons (Fsp3) is 0.286. The molecule has 138 valence electrons. The van der Waals surface area contributed by atoms with Crippen molar-refractivity contribution in [2.24, 2.45) is 0 Å². The number of aromatic carboxylic acids is 1. The molecule has 0 aliphatic carbocycles. The third-order valence-corrected chi connectivity index (χ3v) is 5.13. The lowest BCUT2D eigenvalue weighted by molar-refractivity contribution is 0.0690. The average molecular weight is 362 g/mol. The Balaban J connectivity index is 1.67. The van der Waals surface area contributed by atoms with Gasteiger partial charge < -0.3 is 10.0 Å². The molecule has 0 amide bonds. The topological polar surface area (TPSA) is 71.2 Å². The second-order valence-electron chi connectivity index (χ2n) is 7.10. The van der Waals surface area contributed by atoms with Crippen molar-refractivity contribution in [3.8, 4) is 5.69 Å². The smallest absolute Gasteiger partial charge is 0.360 e. The van der Waals surface area contributed by atoms with E-state index >= 15 is 0 Å². The summed E-state index contributed by atoms with van der Waals surface area (Å²) < 4.78 is 0. The molecule has 0 spiro atoms. The zero-order chi connectivity index (χ0) is 19.0. The van der Waals surface area contributed by atoms with E-state index in [1.165, 1.54) is 10.4 Å². The first-order valence-corrected chi connectivity index (χ1v) is 9.11. The predicted octanol–water partition coefficient (Wildman–Crippen LogP) is 3.58. The maximum atomic E-state index is 11.8. The summed E-state index contributed by atoms with van der Waals surface area (Å²) >= 11 is 0. The highest BCUT2D eigenvalue weighted by atomic mass is 16.4. The van der Waals surface area contributed by atoms with Gasteiger partial charge in [0.1, 0.15) is 0 Å². The minimum atomic E-state index is -1.05. The summed E-state index contributed by atoms with van der Waals surface area (Å²) in [6.45, 7) is 5.52. The summed E-state index contributed by atoms with van der Waals surface area (Å²) in [5, 5.41) is 18.5. The van der Waals surface area contributed by atoms with E-state index in [1.54, 1.807) is 0 Å². The van der Waals surface area contributed by atoms with Gasteiger partial charge in [0, 0.05) is 19.0 Å². The van der Waals surface area contributed by atoms with Gasteiger partial charge >= 0.3 is 5.97 Å². The highest BCUT2D eigenvalue weighted by molar-refractivity contribution is 5.91. The monoisotopic (exact) mass is 362 g/mol. The van der Waals surface area contributed by atoms with Gasteiger partial charge in [-0.05, 0) is 37.5 Å². The number of hydrogen-bond acceptors (Lipinski definition) is 4. The first-order chi connectivity index (χ1) is 13.0. The van der Waals surface area contributed by atoms with Gasteiger partial charge in [0.15, 0.2) is 5.82 Å². The van der Waals surface area contributed by atoms with Gasteiger partial charge in [0.05, 0.1) is 5.69 Å². The number of anilines is 1. The Kier molecular flexibility index (Phi) is 4.39. The van der Waals surface area contributed by atoms with Gasteiger partial charge in [-0.15, -0.1) is 15.0 Å². The van der Waals surface area contributed by atoms with Crippen molar-refractivity contribution < 1.29 is 9.90 Å². The summed E-state index contributed by atoms with van der Waals surface area (Å²) in [5.41, 5.74) is 4.24. The van der Waals surface area contributed by atoms with E-state index < -0.39 is 5.97 Å². The SMILES string of the molecule is Cc1ccc(-n2nc(C(=O)O)c(N3CC[C@@H](c4ccccc4)C3)n2)c(C)c1. The summed E-state index contributed by atoms with van der Waals surface area (Å²) in [6, 6.07) is 16.3. The highest BCUT2D eigenvalue weighted by Gasteiger charge is 2.30. The molecule has 0 saturated carbocycles. The third-order valence-electron chi connectivity index (χ3n) is 5.13. The second-order valence-corrected chi connectivity index (χ2v) is 7.10. The number of nitrogens with zero attached hydrogens (tertiary/aromatic N) is 4. The molecule has 6 heteroatoms. The summed E-state index contributed by atoms with van der Waals surface area (Å²) in [7, 11) is 0. The second kappa shape index (κ2) is 6.87. The number of aromatic nitrogens is 3. The van der Waals surface area contributed by atoms with E-state index in [4.69, 9.17) is 0 Å². The molecule has 6 nitrogen and oxygen atoms in total. The number of carboxylic acids is 1. The third kappa shape index (κ3) is 3.30.